The quantitative estimate of drug-likeness (QED) is 0.895. The monoisotopic (exact) mass is 325 g/mol. The van der Waals surface area contributed by atoms with E-state index in [4.69, 9.17) is 4.74 Å². The number of ether oxygens (including phenoxy) is 1. The van der Waals surface area contributed by atoms with Gasteiger partial charge in [-0.05, 0) is 56.9 Å². The fraction of sp³-hybridized carbons (Fsp3) is 0.562. The number of carbonyl (C=O) groups excluding carboxylic acids is 1. The number of benzene rings is 1. The van der Waals surface area contributed by atoms with E-state index in [1.807, 2.05) is 13.8 Å². The predicted molar refractivity (Wildman–Crippen MR) is 84.5 cm³/mol. The molecule has 1 aromatic carbocycles. The van der Waals surface area contributed by atoms with E-state index in [9.17, 15) is 13.2 Å². The molecule has 0 bridgehead atoms. The first-order valence-electron chi connectivity index (χ1n) is 7.53. The van der Waals surface area contributed by atoms with Crippen LogP contribution in [0.25, 0.3) is 0 Å². The maximum absolute atomic E-state index is 12.5. The van der Waals surface area contributed by atoms with Gasteiger partial charge >= 0.3 is 0 Å². The minimum absolute atomic E-state index is 0.000438. The van der Waals surface area contributed by atoms with E-state index in [2.05, 4.69) is 5.32 Å². The molecule has 1 saturated heterocycles. The first kappa shape index (κ1) is 17.0. The smallest absolute Gasteiger partial charge is 0.238 e. The number of carbonyl (C=O) groups is 1. The van der Waals surface area contributed by atoms with Crippen LogP contribution in [0.2, 0.25) is 0 Å². The van der Waals surface area contributed by atoms with Crippen molar-refractivity contribution in [1.82, 2.24) is 5.32 Å². The highest BCUT2D eigenvalue weighted by Gasteiger charge is 2.30. The van der Waals surface area contributed by atoms with Crippen molar-refractivity contribution < 1.29 is 17.9 Å². The number of sulfone groups is 1. The van der Waals surface area contributed by atoms with Crippen LogP contribution in [-0.2, 0) is 19.4 Å². The van der Waals surface area contributed by atoms with Crippen molar-refractivity contribution in [2.75, 3.05) is 13.2 Å². The zero-order valence-electron chi connectivity index (χ0n) is 13.3. The molecule has 0 aromatic heterocycles. The van der Waals surface area contributed by atoms with Crippen molar-refractivity contribution in [2.24, 2.45) is 0 Å². The summed E-state index contributed by atoms with van der Waals surface area (Å²) in [6, 6.07) is 4.94. The lowest BCUT2D eigenvalue weighted by Gasteiger charge is -2.16. The molecule has 0 spiro atoms. The fourth-order valence-corrected chi connectivity index (χ4v) is 3.77. The molecule has 0 saturated carbocycles. The van der Waals surface area contributed by atoms with Gasteiger partial charge in [0.25, 0.3) is 0 Å². The van der Waals surface area contributed by atoms with Crippen molar-refractivity contribution >= 4 is 15.7 Å². The average molecular weight is 325 g/mol. The van der Waals surface area contributed by atoms with E-state index in [0.29, 0.717) is 13.2 Å². The van der Waals surface area contributed by atoms with Gasteiger partial charge in [-0.1, -0.05) is 6.07 Å². The second-order valence-electron chi connectivity index (χ2n) is 5.81. The SMILES string of the molecule is Cc1ccc(S(=O)(=O)[C@H](C)C(=O)NC[C@@H]2CCCO2)cc1C. The lowest BCUT2D eigenvalue weighted by Crippen LogP contribution is -2.41. The maximum Gasteiger partial charge on any atom is 0.238 e. The minimum atomic E-state index is -3.68. The summed E-state index contributed by atoms with van der Waals surface area (Å²) < 4.78 is 30.5. The Balaban J connectivity index is 2.06. The Morgan fingerprint density at radius 2 is 2.09 bits per heavy atom. The summed E-state index contributed by atoms with van der Waals surface area (Å²) in [7, 11) is -3.68. The van der Waals surface area contributed by atoms with Crippen LogP contribution in [0.5, 0.6) is 0 Å². The Morgan fingerprint density at radius 3 is 2.68 bits per heavy atom. The molecule has 0 aliphatic carbocycles. The molecule has 1 heterocycles. The van der Waals surface area contributed by atoms with Gasteiger partial charge in [0.05, 0.1) is 11.0 Å². The van der Waals surface area contributed by atoms with Crippen LogP contribution in [-0.4, -0.2) is 38.8 Å². The van der Waals surface area contributed by atoms with E-state index in [0.717, 1.165) is 24.0 Å². The highest BCUT2D eigenvalue weighted by Crippen LogP contribution is 2.20. The van der Waals surface area contributed by atoms with E-state index in [1.54, 1.807) is 18.2 Å². The molecular formula is C16H23NO4S. The molecule has 1 aliphatic rings. The Labute approximate surface area is 132 Å². The van der Waals surface area contributed by atoms with E-state index < -0.39 is 21.0 Å². The van der Waals surface area contributed by atoms with Crippen LogP contribution < -0.4 is 5.32 Å². The molecule has 6 heteroatoms. The van der Waals surface area contributed by atoms with E-state index in [-0.39, 0.29) is 11.0 Å². The third-order valence-electron chi connectivity index (χ3n) is 4.17. The van der Waals surface area contributed by atoms with E-state index in [1.165, 1.54) is 6.92 Å². The topological polar surface area (TPSA) is 72.5 Å². The standard InChI is InChI=1S/C16H23NO4S/c1-11-6-7-15(9-12(11)2)22(19,20)13(3)16(18)17-10-14-5-4-8-21-14/h6-7,9,13-14H,4-5,8,10H2,1-3H3,(H,17,18)/t13-,14+/m1/s1. The summed E-state index contributed by atoms with van der Waals surface area (Å²) in [5, 5.41) is 1.57. The summed E-state index contributed by atoms with van der Waals surface area (Å²) in [6.07, 6.45) is 1.88. The summed E-state index contributed by atoms with van der Waals surface area (Å²) in [6.45, 7) is 6.28. The molecule has 1 N–H and O–H groups in total. The van der Waals surface area contributed by atoms with Crippen LogP contribution in [0.3, 0.4) is 0 Å². The van der Waals surface area contributed by atoms with Crippen LogP contribution in [0.1, 0.15) is 30.9 Å². The first-order valence-corrected chi connectivity index (χ1v) is 9.07. The van der Waals surface area contributed by atoms with Crippen molar-refractivity contribution in [3.8, 4) is 0 Å². The fourth-order valence-electron chi connectivity index (χ4n) is 2.40. The lowest BCUT2D eigenvalue weighted by atomic mass is 10.1. The van der Waals surface area contributed by atoms with Gasteiger partial charge in [0, 0.05) is 13.2 Å². The average Bonchev–Trinajstić information content (AvgIpc) is 3.00. The Morgan fingerprint density at radius 1 is 1.36 bits per heavy atom. The number of hydrogen-bond acceptors (Lipinski definition) is 4. The van der Waals surface area contributed by atoms with Gasteiger partial charge < -0.3 is 10.1 Å². The van der Waals surface area contributed by atoms with Gasteiger partial charge in [0.15, 0.2) is 9.84 Å². The van der Waals surface area contributed by atoms with Gasteiger partial charge in [-0.2, -0.15) is 0 Å². The first-order chi connectivity index (χ1) is 10.3. The number of amides is 1. The molecule has 22 heavy (non-hydrogen) atoms. The number of rotatable bonds is 5. The van der Waals surface area contributed by atoms with Gasteiger partial charge in [0.2, 0.25) is 5.91 Å². The zero-order chi connectivity index (χ0) is 16.3. The maximum atomic E-state index is 12.5. The highest BCUT2D eigenvalue weighted by atomic mass is 32.2. The van der Waals surface area contributed by atoms with Crippen LogP contribution in [0, 0.1) is 13.8 Å². The van der Waals surface area contributed by atoms with Crippen LogP contribution >= 0.6 is 0 Å². The van der Waals surface area contributed by atoms with E-state index >= 15 is 0 Å². The van der Waals surface area contributed by atoms with Crippen molar-refractivity contribution in [2.45, 2.75) is 49.9 Å². The third kappa shape index (κ3) is 3.67. The lowest BCUT2D eigenvalue weighted by molar-refractivity contribution is -0.120. The molecule has 1 aliphatic heterocycles. The molecule has 0 radical (unpaired) electrons. The van der Waals surface area contributed by atoms with Crippen molar-refractivity contribution in [3.05, 3.63) is 29.3 Å². The third-order valence-corrected chi connectivity index (χ3v) is 6.23. The second kappa shape index (κ2) is 6.79. The molecule has 0 unspecified atom stereocenters. The molecule has 1 amide bonds. The van der Waals surface area contributed by atoms with Gasteiger partial charge in [-0.3, -0.25) is 4.79 Å². The Hall–Kier alpha value is -1.40. The normalized spacial score (nSPS) is 19.9. The zero-order valence-corrected chi connectivity index (χ0v) is 14.1. The molecule has 1 aromatic rings. The summed E-state index contributed by atoms with van der Waals surface area (Å²) in [5.74, 6) is -0.478. The Kier molecular flexibility index (Phi) is 5.24. The van der Waals surface area contributed by atoms with Gasteiger partial charge in [0.1, 0.15) is 5.25 Å². The van der Waals surface area contributed by atoms with Gasteiger partial charge in [-0.25, -0.2) is 8.42 Å². The number of nitrogens with one attached hydrogen (secondary N) is 1. The molecule has 122 valence electrons. The predicted octanol–water partition coefficient (Wildman–Crippen LogP) is 1.76. The molecule has 2 atom stereocenters. The molecule has 2 rings (SSSR count). The highest BCUT2D eigenvalue weighted by molar-refractivity contribution is 7.92. The molecule has 5 nitrogen and oxygen atoms in total. The number of hydrogen-bond donors (Lipinski definition) is 1. The summed E-state index contributed by atoms with van der Waals surface area (Å²) in [5.41, 5.74) is 1.92. The largest absolute Gasteiger partial charge is 0.376 e. The van der Waals surface area contributed by atoms with Crippen molar-refractivity contribution in [3.63, 3.8) is 0 Å². The summed E-state index contributed by atoms with van der Waals surface area (Å²) >= 11 is 0. The summed E-state index contributed by atoms with van der Waals surface area (Å²) in [4.78, 5) is 12.3. The number of aryl methyl sites for hydroxylation is 2. The van der Waals surface area contributed by atoms with Crippen LogP contribution in [0.4, 0.5) is 0 Å². The second-order valence-corrected chi connectivity index (χ2v) is 8.08. The molecule has 1 fully saturated rings. The van der Waals surface area contributed by atoms with Crippen LogP contribution in [0.15, 0.2) is 23.1 Å². The minimum Gasteiger partial charge on any atom is -0.376 e. The van der Waals surface area contributed by atoms with Crippen molar-refractivity contribution in [1.29, 1.82) is 0 Å². The Bertz CT molecular complexity index is 648. The van der Waals surface area contributed by atoms with Gasteiger partial charge in [-0.15, -0.1) is 0 Å². The molecular weight excluding hydrogens is 302 g/mol.